The summed E-state index contributed by atoms with van der Waals surface area (Å²) in [5.74, 6) is 0.106. The van der Waals surface area contributed by atoms with E-state index in [1.165, 1.54) is 11.3 Å². The molecule has 124 valence electrons. The van der Waals surface area contributed by atoms with Crippen LogP contribution in [0.15, 0.2) is 30.3 Å². The molecule has 6 heteroatoms. The molecule has 1 amide bonds. The van der Waals surface area contributed by atoms with E-state index in [0.717, 1.165) is 40.3 Å². The number of aryl methyl sites for hydroxylation is 1. The van der Waals surface area contributed by atoms with Crippen LogP contribution in [-0.4, -0.2) is 29.9 Å². The van der Waals surface area contributed by atoms with Gasteiger partial charge in [-0.15, -0.1) is 23.7 Å². The van der Waals surface area contributed by atoms with E-state index in [4.69, 9.17) is 17.3 Å². The van der Waals surface area contributed by atoms with E-state index >= 15 is 0 Å². The lowest BCUT2D eigenvalue weighted by atomic mass is 10.1. The SMILES string of the molecule is Cc1cc(C(=O)N2CCCC2CN)sc1-c1cccc(Cl)c1.Cl. The van der Waals surface area contributed by atoms with Gasteiger partial charge in [-0.3, -0.25) is 4.79 Å². The number of nitrogens with two attached hydrogens (primary N) is 1. The average Bonchev–Trinajstić information content (AvgIpc) is 3.12. The quantitative estimate of drug-likeness (QED) is 0.871. The summed E-state index contributed by atoms with van der Waals surface area (Å²) < 4.78 is 0. The van der Waals surface area contributed by atoms with Crippen LogP contribution in [0, 0.1) is 6.92 Å². The third-order valence-electron chi connectivity index (χ3n) is 4.13. The molecular formula is C17H20Cl2N2OS. The molecule has 0 radical (unpaired) electrons. The summed E-state index contributed by atoms with van der Waals surface area (Å²) >= 11 is 7.61. The van der Waals surface area contributed by atoms with Crippen molar-refractivity contribution in [3.63, 3.8) is 0 Å². The highest BCUT2D eigenvalue weighted by molar-refractivity contribution is 7.17. The normalized spacial score (nSPS) is 17.2. The fraction of sp³-hybridized carbons (Fsp3) is 0.353. The second-order valence-electron chi connectivity index (χ2n) is 5.66. The fourth-order valence-corrected chi connectivity index (χ4v) is 4.31. The summed E-state index contributed by atoms with van der Waals surface area (Å²) in [6.45, 7) is 3.38. The molecule has 1 aromatic heterocycles. The maximum absolute atomic E-state index is 12.7. The Labute approximate surface area is 151 Å². The first-order chi connectivity index (χ1) is 10.6. The number of thiophene rings is 1. The van der Waals surface area contributed by atoms with Gasteiger partial charge in [-0.25, -0.2) is 0 Å². The van der Waals surface area contributed by atoms with Gasteiger partial charge < -0.3 is 10.6 Å². The molecule has 1 unspecified atom stereocenters. The van der Waals surface area contributed by atoms with E-state index in [2.05, 4.69) is 0 Å². The molecule has 0 saturated carbocycles. The monoisotopic (exact) mass is 370 g/mol. The topological polar surface area (TPSA) is 46.3 Å². The maximum atomic E-state index is 12.7. The number of nitrogens with zero attached hydrogens (tertiary/aromatic N) is 1. The predicted molar refractivity (Wildman–Crippen MR) is 99.9 cm³/mol. The number of likely N-dealkylation sites (tertiary alicyclic amines) is 1. The van der Waals surface area contributed by atoms with Crippen LogP contribution >= 0.6 is 35.3 Å². The van der Waals surface area contributed by atoms with Crippen LogP contribution in [-0.2, 0) is 0 Å². The predicted octanol–water partition coefficient (Wildman–Crippen LogP) is 4.36. The lowest BCUT2D eigenvalue weighted by molar-refractivity contribution is 0.0746. The van der Waals surface area contributed by atoms with E-state index in [1.54, 1.807) is 0 Å². The third kappa shape index (κ3) is 3.72. The molecule has 0 spiro atoms. The third-order valence-corrected chi connectivity index (χ3v) is 5.63. The zero-order valence-electron chi connectivity index (χ0n) is 12.9. The molecule has 1 saturated heterocycles. The van der Waals surface area contributed by atoms with Crippen LogP contribution < -0.4 is 5.73 Å². The highest BCUT2D eigenvalue weighted by Crippen LogP contribution is 2.35. The van der Waals surface area contributed by atoms with Gasteiger partial charge in [0.05, 0.1) is 4.88 Å². The van der Waals surface area contributed by atoms with Crippen molar-refractivity contribution in [1.82, 2.24) is 4.90 Å². The van der Waals surface area contributed by atoms with Crippen molar-refractivity contribution in [2.45, 2.75) is 25.8 Å². The molecule has 3 nitrogen and oxygen atoms in total. The molecule has 1 fully saturated rings. The van der Waals surface area contributed by atoms with Crippen LogP contribution in [0.5, 0.6) is 0 Å². The number of hydrogen-bond acceptors (Lipinski definition) is 3. The van der Waals surface area contributed by atoms with Gasteiger partial charge in [-0.2, -0.15) is 0 Å². The Kier molecular flexibility index (Phi) is 6.09. The Bertz CT molecular complexity index is 702. The van der Waals surface area contributed by atoms with Crippen LogP contribution in [0.1, 0.15) is 28.1 Å². The first kappa shape index (κ1) is 18.3. The number of hydrogen-bond donors (Lipinski definition) is 1. The Morgan fingerprint density at radius 2 is 2.22 bits per heavy atom. The van der Waals surface area contributed by atoms with Gasteiger partial charge in [0.15, 0.2) is 0 Å². The highest BCUT2D eigenvalue weighted by Gasteiger charge is 2.29. The fourth-order valence-electron chi connectivity index (χ4n) is 2.99. The molecule has 1 atom stereocenters. The Morgan fingerprint density at radius 3 is 2.91 bits per heavy atom. The standard InChI is InChI=1S/C17H19ClN2OS.ClH/c1-11-8-15(17(21)20-7-3-6-14(20)10-19)22-16(11)12-4-2-5-13(18)9-12;/h2,4-5,8-9,14H,3,6-7,10,19H2,1H3;1H. The van der Waals surface area contributed by atoms with Gasteiger partial charge >= 0.3 is 0 Å². The molecule has 2 aromatic rings. The lowest BCUT2D eigenvalue weighted by Crippen LogP contribution is -2.39. The lowest BCUT2D eigenvalue weighted by Gasteiger charge is -2.22. The summed E-state index contributed by atoms with van der Waals surface area (Å²) in [4.78, 5) is 16.5. The van der Waals surface area contributed by atoms with Crippen molar-refractivity contribution in [1.29, 1.82) is 0 Å². The van der Waals surface area contributed by atoms with Gasteiger partial charge in [0.2, 0.25) is 0 Å². The Morgan fingerprint density at radius 1 is 1.43 bits per heavy atom. The second-order valence-corrected chi connectivity index (χ2v) is 7.15. The Hall–Kier alpha value is -1.07. The smallest absolute Gasteiger partial charge is 0.264 e. The van der Waals surface area contributed by atoms with Crippen molar-refractivity contribution in [3.8, 4) is 10.4 Å². The molecule has 1 aliphatic heterocycles. The Balaban J connectivity index is 0.00000192. The van der Waals surface area contributed by atoms with E-state index in [9.17, 15) is 4.79 Å². The van der Waals surface area contributed by atoms with Crippen molar-refractivity contribution in [2.75, 3.05) is 13.1 Å². The molecule has 3 rings (SSSR count). The molecular weight excluding hydrogens is 351 g/mol. The zero-order chi connectivity index (χ0) is 15.7. The van der Waals surface area contributed by atoms with Gasteiger partial charge in [0, 0.05) is 29.0 Å². The van der Waals surface area contributed by atoms with E-state index < -0.39 is 0 Å². The van der Waals surface area contributed by atoms with Crippen molar-refractivity contribution < 1.29 is 4.79 Å². The van der Waals surface area contributed by atoms with Gasteiger partial charge in [0.1, 0.15) is 0 Å². The zero-order valence-corrected chi connectivity index (χ0v) is 15.3. The van der Waals surface area contributed by atoms with Crippen LogP contribution in [0.3, 0.4) is 0 Å². The molecule has 1 aliphatic rings. The van der Waals surface area contributed by atoms with E-state index in [1.807, 2.05) is 42.2 Å². The molecule has 0 aliphatic carbocycles. The van der Waals surface area contributed by atoms with Crippen LogP contribution in [0.4, 0.5) is 0 Å². The summed E-state index contributed by atoms with van der Waals surface area (Å²) in [6.07, 6.45) is 2.05. The number of rotatable bonds is 3. The summed E-state index contributed by atoms with van der Waals surface area (Å²) in [6, 6.07) is 9.92. The molecule has 23 heavy (non-hydrogen) atoms. The first-order valence-corrected chi connectivity index (χ1v) is 8.67. The van der Waals surface area contributed by atoms with Gasteiger partial charge in [-0.1, -0.05) is 23.7 Å². The number of amides is 1. The van der Waals surface area contributed by atoms with Gasteiger partial charge in [0.25, 0.3) is 5.91 Å². The maximum Gasteiger partial charge on any atom is 0.264 e. The molecule has 2 heterocycles. The molecule has 1 aromatic carbocycles. The number of benzene rings is 1. The van der Waals surface area contributed by atoms with Crippen LogP contribution in [0.2, 0.25) is 5.02 Å². The number of carbonyl (C=O) groups is 1. The minimum atomic E-state index is 0. The number of halogens is 2. The summed E-state index contributed by atoms with van der Waals surface area (Å²) in [5.41, 5.74) is 7.95. The summed E-state index contributed by atoms with van der Waals surface area (Å²) in [5, 5.41) is 0.709. The average molecular weight is 371 g/mol. The minimum absolute atomic E-state index is 0. The van der Waals surface area contributed by atoms with Gasteiger partial charge in [-0.05, 0) is 49.1 Å². The largest absolute Gasteiger partial charge is 0.334 e. The first-order valence-electron chi connectivity index (χ1n) is 7.47. The van der Waals surface area contributed by atoms with E-state index in [0.29, 0.717) is 11.6 Å². The second kappa shape index (κ2) is 7.67. The number of carbonyl (C=O) groups excluding carboxylic acids is 1. The van der Waals surface area contributed by atoms with Crippen molar-refractivity contribution in [2.24, 2.45) is 5.73 Å². The molecule has 0 bridgehead atoms. The van der Waals surface area contributed by atoms with E-state index in [-0.39, 0.29) is 24.4 Å². The van der Waals surface area contributed by atoms with Crippen molar-refractivity contribution in [3.05, 3.63) is 45.8 Å². The molecule has 2 N–H and O–H groups in total. The minimum Gasteiger partial charge on any atom is -0.334 e. The van der Waals surface area contributed by atoms with Crippen LogP contribution in [0.25, 0.3) is 10.4 Å². The van der Waals surface area contributed by atoms with Crippen molar-refractivity contribution >= 4 is 41.3 Å². The highest BCUT2D eigenvalue weighted by atomic mass is 35.5. The summed E-state index contributed by atoms with van der Waals surface area (Å²) in [7, 11) is 0.